The molecule has 28 heavy (non-hydrogen) atoms. The summed E-state index contributed by atoms with van der Waals surface area (Å²) in [6.07, 6.45) is 3.59. The van der Waals surface area contributed by atoms with Crippen LogP contribution < -0.4 is 0 Å². The van der Waals surface area contributed by atoms with Crippen LogP contribution in [0.1, 0.15) is 47.0 Å². The van der Waals surface area contributed by atoms with E-state index < -0.39 is 8.32 Å². The lowest BCUT2D eigenvalue weighted by Crippen LogP contribution is -2.41. The molecule has 0 amide bonds. The van der Waals surface area contributed by atoms with Crippen LogP contribution in [0.25, 0.3) is 0 Å². The SMILES string of the molecule is CCCCCOCCOCCOCCOCCOCCO[Si](C)(C)C(C)(C)C. The first-order chi connectivity index (χ1) is 13.3. The highest BCUT2D eigenvalue weighted by Gasteiger charge is 2.36. The van der Waals surface area contributed by atoms with Crippen molar-refractivity contribution < 1.29 is 28.1 Å². The third-order valence-electron chi connectivity index (χ3n) is 4.88. The van der Waals surface area contributed by atoms with Gasteiger partial charge >= 0.3 is 0 Å². The zero-order valence-corrected chi connectivity index (χ0v) is 20.3. The van der Waals surface area contributed by atoms with Gasteiger partial charge in [-0.3, -0.25) is 0 Å². The van der Waals surface area contributed by atoms with Crippen molar-refractivity contribution in [2.75, 3.05) is 72.7 Å². The zero-order valence-electron chi connectivity index (χ0n) is 19.3. The Hall–Kier alpha value is -0.0231. The van der Waals surface area contributed by atoms with Gasteiger partial charge in [0.15, 0.2) is 8.32 Å². The average Bonchev–Trinajstić information content (AvgIpc) is 2.62. The minimum atomic E-state index is -1.66. The Kier molecular flexibility index (Phi) is 17.8. The summed E-state index contributed by atoms with van der Waals surface area (Å²) in [5.74, 6) is 0. The Balaban J connectivity index is 3.18. The molecule has 0 rings (SSSR count). The van der Waals surface area contributed by atoms with Gasteiger partial charge in [-0.1, -0.05) is 40.5 Å². The van der Waals surface area contributed by atoms with E-state index in [-0.39, 0.29) is 5.04 Å². The van der Waals surface area contributed by atoms with E-state index in [0.29, 0.717) is 66.1 Å². The fourth-order valence-corrected chi connectivity index (χ4v) is 3.03. The highest BCUT2D eigenvalue weighted by Crippen LogP contribution is 2.36. The van der Waals surface area contributed by atoms with Crippen LogP contribution >= 0.6 is 0 Å². The van der Waals surface area contributed by atoms with E-state index in [0.717, 1.165) is 13.0 Å². The molecule has 0 radical (unpaired) electrons. The Morgan fingerprint density at radius 1 is 0.536 bits per heavy atom. The molecule has 0 aromatic heterocycles. The molecular weight excluding hydrogens is 376 g/mol. The van der Waals surface area contributed by atoms with E-state index in [1.807, 2.05) is 0 Å². The van der Waals surface area contributed by atoms with Crippen molar-refractivity contribution in [2.45, 2.75) is 65.1 Å². The van der Waals surface area contributed by atoms with Crippen LogP contribution in [0.15, 0.2) is 0 Å². The third-order valence-corrected chi connectivity index (χ3v) is 9.42. The number of hydrogen-bond donors (Lipinski definition) is 0. The van der Waals surface area contributed by atoms with Gasteiger partial charge in [0.25, 0.3) is 0 Å². The lowest BCUT2D eigenvalue weighted by molar-refractivity contribution is -0.0131. The molecule has 0 unspecified atom stereocenters. The number of ether oxygens (including phenoxy) is 5. The van der Waals surface area contributed by atoms with Crippen molar-refractivity contribution in [3.05, 3.63) is 0 Å². The van der Waals surface area contributed by atoms with Crippen LogP contribution in [0, 0.1) is 0 Å². The summed E-state index contributed by atoms with van der Waals surface area (Å²) in [4.78, 5) is 0. The van der Waals surface area contributed by atoms with Crippen LogP contribution in [0.5, 0.6) is 0 Å². The molecule has 0 saturated carbocycles. The molecule has 0 aliphatic rings. The van der Waals surface area contributed by atoms with Gasteiger partial charge in [0, 0.05) is 6.61 Å². The lowest BCUT2D eigenvalue weighted by Gasteiger charge is -2.36. The topological polar surface area (TPSA) is 55.4 Å². The molecule has 170 valence electrons. The maximum absolute atomic E-state index is 6.06. The first kappa shape index (κ1) is 28.0. The molecule has 0 fully saturated rings. The smallest absolute Gasteiger partial charge is 0.192 e. The van der Waals surface area contributed by atoms with E-state index in [1.165, 1.54) is 12.8 Å². The third kappa shape index (κ3) is 16.9. The Labute approximate surface area is 174 Å². The standard InChI is InChI=1S/C21H46O6Si/c1-7-8-9-10-22-11-12-23-13-14-24-15-16-25-17-18-26-19-20-27-28(5,6)21(2,3)4/h7-20H2,1-6H3. The molecule has 0 heterocycles. The minimum absolute atomic E-state index is 0.239. The van der Waals surface area contributed by atoms with Crippen molar-refractivity contribution >= 4 is 8.32 Å². The van der Waals surface area contributed by atoms with E-state index in [2.05, 4.69) is 40.8 Å². The predicted octanol–water partition coefficient (Wildman–Crippen LogP) is 4.28. The summed E-state index contributed by atoms with van der Waals surface area (Å²) >= 11 is 0. The van der Waals surface area contributed by atoms with Gasteiger partial charge in [-0.25, -0.2) is 0 Å². The summed E-state index contributed by atoms with van der Waals surface area (Å²) in [6.45, 7) is 20.3. The van der Waals surface area contributed by atoms with Gasteiger partial charge in [0.05, 0.1) is 66.1 Å². The van der Waals surface area contributed by atoms with Gasteiger partial charge in [0.1, 0.15) is 0 Å². The number of rotatable bonds is 20. The largest absolute Gasteiger partial charge is 0.414 e. The molecule has 7 heteroatoms. The zero-order chi connectivity index (χ0) is 21.1. The second-order valence-corrected chi connectivity index (χ2v) is 13.2. The van der Waals surface area contributed by atoms with E-state index in [4.69, 9.17) is 28.1 Å². The first-order valence-corrected chi connectivity index (χ1v) is 13.7. The molecule has 6 nitrogen and oxygen atoms in total. The molecule has 0 bridgehead atoms. The second kappa shape index (κ2) is 17.8. The Morgan fingerprint density at radius 3 is 1.25 bits per heavy atom. The van der Waals surface area contributed by atoms with Gasteiger partial charge in [-0.15, -0.1) is 0 Å². The average molecular weight is 423 g/mol. The van der Waals surface area contributed by atoms with Crippen LogP contribution in [0.4, 0.5) is 0 Å². The van der Waals surface area contributed by atoms with Crippen LogP contribution in [-0.4, -0.2) is 81.0 Å². The van der Waals surface area contributed by atoms with Crippen molar-refractivity contribution in [2.24, 2.45) is 0 Å². The van der Waals surface area contributed by atoms with Crippen LogP contribution in [0.3, 0.4) is 0 Å². The molecule has 0 spiro atoms. The quantitative estimate of drug-likeness (QED) is 0.216. The maximum atomic E-state index is 6.06. The fourth-order valence-electron chi connectivity index (χ4n) is 2.01. The molecule has 0 aliphatic heterocycles. The monoisotopic (exact) mass is 422 g/mol. The summed E-state index contributed by atoms with van der Waals surface area (Å²) in [6, 6.07) is 0. The molecular formula is C21H46O6Si. The van der Waals surface area contributed by atoms with Crippen molar-refractivity contribution in [3.8, 4) is 0 Å². The van der Waals surface area contributed by atoms with E-state index in [1.54, 1.807) is 0 Å². The highest BCUT2D eigenvalue weighted by atomic mass is 28.4. The summed E-state index contributed by atoms with van der Waals surface area (Å²) in [5, 5.41) is 0.239. The van der Waals surface area contributed by atoms with Crippen molar-refractivity contribution in [3.63, 3.8) is 0 Å². The molecule has 0 aromatic carbocycles. The summed E-state index contributed by atoms with van der Waals surface area (Å²) < 4.78 is 33.5. The molecule has 0 N–H and O–H groups in total. The lowest BCUT2D eigenvalue weighted by atomic mass is 10.2. The van der Waals surface area contributed by atoms with Gasteiger partial charge in [0.2, 0.25) is 0 Å². The van der Waals surface area contributed by atoms with Crippen molar-refractivity contribution in [1.29, 1.82) is 0 Å². The fraction of sp³-hybridized carbons (Fsp3) is 1.00. The molecule has 0 aliphatic carbocycles. The second-order valence-electron chi connectivity index (χ2n) is 8.38. The van der Waals surface area contributed by atoms with Crippen LogP contribution in [-0.2, 0) is 28.1 Å². The van der Waals surface area contributed by atoms with Crippen LogP contribution in [0.2, 0.25) is 18.1 Å². The molecule has 0 atom stereocenters. The van der Waals surface area contributed by atoms with Gasteiger partial charge in [-0.05, 0) is 24.6 Å². The molecule has 0 aromatic rings. The minimum Gasteiger partial charge on any atom is -0.414 e. The first-order valence-electron chi connectivity index (χ1n) is 10.8. The predicted molar refractivity (Wildman–Crippen MR) is 117 cm³/mol. The number of unbranched alkanes of at least 4 members (excludes halogenated alkanes) is 2. The van der Waals surface area contributed by atoms with E-state index >= 15 is 0 Å². The number of hydrogen-bond acceptors (Lipinski definition) is 6. The summed E-state index contributed by atoms with van der Waals surface area (Å²) in [5.41, 5.74) is 0. The maximum Gasteiger partial charge on any atom is 0.192 e. The van der Waals surface area contributed by atoms with Gasteiger partial charge in [-0.2, -0.15) is 0 Å². The normalized spacial score (nSPS) is 12.6. The summed E-state index contributed by atoms with van der Waals surface area (Å²) in [7, 11) is -1.66. The Morgan fingerprint density at radius 2 is 0.893 bits per heavy atom. The van der Waals surface area contributed by atoms with Crippen molar-refractivity contribution in [1.82, 2.24) is 0 Å². The Bertz CT molecular complexity index is 333. The van der Waals surface area contributed by atoms with Gasteiger partial charge < -0.3 is 28.1 Å². The molecule has 0 saturated heterocycles. The van der Waals surface area contributed by atoms with E-state index in [9.17, 15) is 0 Å². The highest BCUT2D eigenvalue weighted by molar-refractivity contribution is 6.74.